The van der Waals surface area contributed by atoms with Crippen LogP contribution in [0, 0.1) is 0 Å². The Kier molecular flexibility index (Phi) is 6.91. The summed E-state index contributed by atoms with van der Waals surface area (Å²) in [5.41, 5.74) is 1.04. The van der Waals surface area contributed by atoms with E-state index in [1.54, 1.807) is 42.5 Å². The zero-order valence-electron chi connectivity index (χ0n) is 12.6. The second-order valence-electron chi connectivity index (χ2n) is 5.04. The van der Waals surface area contributed by atoms with Crippen LogP contribution in [0.2, 0.25) is 15.1 Å². The van der Waals surface area contributed by atoms with Crippen molar-refractivity contribution < 1.29 is 9.59 Å². The van der Waals surface area contributed by atoms with Gasteiger partial charge in [-0.15, -0.1) is 0 Å². The van der Waals surface area contributed by atoms with Gasteiger partial charge in [0.2, 0.25) is 5.91 Å². The fraction of sp³-hybridized carbons (Fsp3) is 0.176. The van der Waals surface area contributed by atoms with Crippen LogP contribution in [0.3, 0.4) is 0 Å². The molecule has 4 nitrogen and oxygen atoms in total. The molecule has 0 saturated heterocycles. The number of halogens is 3. The Hall–Kier alpha value is -1.75. The molecule has 2 aromatic rings. The van der Waals surface area contributed by atoms with Crippen molar-refractivity contribution in [1.82, 2.24) is 5.32 Å². The van der Waals surface area contributed by atoms with Crippen LogP contribution in [0.1, 0.15) is 23.2 Å². The SMILES string of the molecule is O=C(CCCNC(=O)c1ccc(Cl)cc1)Nc1ccc(Cl)cc1Cl. The van der Waals surface area contributed by atoms with Crippen molar-refractivity contribution in [1.29, 1.82) is 0 Å². The lowest BCUT2D eigenvalue weighted by Gasteiger charge is -2.08. The summed E-state index contributed by atoms with van der Waals surface area (Å²) in [5, 5.41) is 6.91. The molecular weight excluding hydrogens is 371 g/mol. The Morgan fingerprint density at radius 3 is 2.25 bits per heavy atom. The number of anilines is 1. The molecule has 7 heteroatoms. The zero-order chi connectivity index (χ0) is 17.5. The highest BCUT2D eigenvalue weighted by atomic mass is 35.5. The van der Waals surface area contributed by atoms with Crippen LogP contribution >= 0.6 is 34.8 Å². The van der Waals surface area contributed by atoms with Crippen LogP contribution in [0.25, 0.3) is 0 Å². The van der Waals surface area contributed by atoms with Crippen LogP contribution in [-0.4, -0.2) is 18.4 Å². The van der Waals surface area contributed by atoms with Crippen molar-refractivity contribution in [2.45, 2.75) is 12.8 Å². The molecule has 0 aliphatic carbocycles. The molecule has 2 N–H and O–H groups in total. The lowest BCUT2D eigenvalue weighted by molar-refractivity contribution is -0.116. The second-order valence-corrected chi connectivity index (χ2v) is 6.32. The molecule has 126 valence electrons. The number of amides is 2. The summed E-state index contributed by atoms with van der Waals surface area (Å²) in [6, 6.07) is 11.4. The average Bonchev–Trinajstić information content (AvgIpc) is 2.55. The first-order valence-corrected chi connectivity index (χ1v) is 8.38. The Morgan fingerprint density at radius 1 is 0.917 bits per heavy atom. The highest BCUT2D eigenvalue weighted by Crippen LogP contribution is 2.25. The van der Waals surface area contributed by atoms with E-state index in [1.165, 1.54) is 0 Å². The number of nitrogens with one attached hydrogen (secondary N) is 2. The minimum atomic E-state index is -0.201. The molecule has 0 heterocycles. The van der Waals surface area contributed by atoms with E-state index in [0.717, 1.165) is 0 Å². The molecule has 0 radical (unpaired) electrons. The van der Waals surface area contributed by atoms with Crippen LogP contribution in [0.15, 0.2) is 42.5 Å². The van der Waals surface area contributed by atoms with Crippen LogP contribution in [0.4, 0.5) is 5.69 Å². The molecule has 0 spiro atoms. The van der Waals surface area contributed by atoms with Crippen LogP contribution in [0.5, 0.6) is 0 Å². The van der Waals surface area contributed by atoms with Crippen LogP contribution < -0.4 is 10.6 Å². The number of rotatable bonds is 6. The molecule has 0 aromatic heterocycles. The first kappa shape index (κ1) is 18.6. The quantitative estimate of drug-likeness (QED) is 0.702. The summed E-state index contributed by atoms with van der Waals surface area (Å²) in [5.74, 6) is -0.382. The highest BCUT2D eigenvalue weighted by molar-refractivity contribution is 6.36. The largest absolute Gasteiger partial charge is 0.352 e. The highest BCUT2D eigenvalue weighted by Gasteiger charge is 2.08. The molecule has 0 aliphatic heterocycles. The van der Waals surface area contributed by atoms with Gasteiger partial charge in [-0.2, -0.15) is 0 Å². The van der Waals surface area contributed by atoms with Crippen molar-refractivity contribution in [2.24, 2.45) is 0 Å². The minimum absolute atomic E-state index is 0.181. The van der Waals surface area contributed by atoms with Gasteiger partial charge in [-0.1, -0.05) is 34.8 Å². The van der Waals surface area contributed by atoms with Gasteiger partial charge < -0.3 is 10.6 Å². The lowest BCUT2D eigenvalue weighted by Crippen LogP contribution is -2.25. The molecular formula is C17H15Cl3N2O2. The summed E-state index contributed by atoms with van der Waals surface area (Å²) in [7, 11) is 0. The first-order valence-electron chi connectivity index (χ1n) is 7.24. The van der Waals surface area contributed by atoms with E-state index in [9.17, 15) is 9.59 Å². The van der Waals surface area contributed by atoms with Gasteiger partial charge in [0.05, 0.1) is 10.7 Å². The van der Waals surface area contributed by atoms with Crippen molar-refractivity contribution in [3.8, 4) is 0 Å². The van der Waals surface area contributed by atoms with Gasteiger partial charge in [-0.25, -0.2) is 0 Å². The van der Waals surface area contributed by atoms with E-state index in [1.807, 2.05) is 0 Å². The van der Waals surface area contributed by atoms with Gasteiger partial charge in [0, 0.05) is 28.6 Å². The minimum Gasteiger partial charge on any atom is -0.352 e. The van der Waals surface area contributed by atoms with E-state index in [0.29, 0.717) is 39.3 Å². The molecule has 0 fully saturated rings. The van der Waals surface area contributed by atoms with Crippen molar-refractivity contribution in [3.05, 3.63) is 63.1 Å². The molecule has 2 aromatic carbocycles. The standard InChI is InChI=1S/C17H15Cl3N2O2/c18-12-5-3-11(4-6-12)17(24)21-9-1-2-16(23)22-15-8-7-13(19)10-14(15)20/h3-8,10H,1-2,9H2,(H,21,24)(H,22,23). The predicted molar refractivity (Wildman–Crippen MR) is 98.1 cm³/mol. The van der Waals surface area contributed by atoms with Crippen molar-refractivity contribution in [2.75, 3.05) is 11.9 Å². The number of hydrogen-bond donors (Lipinski definition) is 2. The fourth-order valence-corrected chi connectivity index (χ4v) is 2.54. The third-order valence-electron chi connectivity index (χ3n) is 3.18. The average molecular weight is 386 g/mol. The zero-order valence-corrected chi connectivity index (χ0v) is 14.9. The van der Waals surface area contributed by atoms with Gasteiger partial charge in [0.1, 0.15) is 0 Å². The van der Waals surface area contributed by atoms with E-state index in [2.05, 4.69) is 10.6 Å². The second kappa shape index (κ2) is 8.92. The van der Waals surface area contributed by atoms with E-state index >= 15 is 0 Å². The van der Waals surface area contributed by atoms with Crippen molar-refractivity contribution >= 4 is 52.3 Å². The van der Waals surface area contributed by atoms with Gasteiger partial charge >= 0.3 is 0 Å². The van der Waals surface area contributed by atoms with Gasteiger partial charge in [-0.3, -0.25) is 9.59 Å². The summed E-state index contributed by atoms with van der Waals surface area (Å²) < 4.78 is 0. The first-order chi connectivity index (χ1) is 11.5. The smallest absolute Gasteiger partial charge is 0.251 e. The van der Waals surface area contributed by atoms with Gasteiger partial charge in [0.25, 0.3) is 5.91 Å². The Morgan fingerprint density at radius 2 is 1.58 bits per heavy atom. The monoisotopic (exact) mass is 384 g/mol. The van der Waals surface area contributed by atoms with Crippen LogP contribution in [-0.2, 0) is 4.79 Å². The van der Waals surface area contributed by atoms with Gasteiger partial charge in [0.15, 0.2) is 0 Å². The Bertz CT molecular complexity index is 733. The third-order valence-corrected chi connectivity index (χ3v) is 3.98. The molecule has 0 bridgehead atoms. The van der Waals surface area contributed by atoms with Crippen molar-refractivity contribution in [3.63, 3.8) is 0 Å². The number of hydrogen-bond acceptors (Lipinski definition) is 2. The summed E-state index contributed by atoms with van der Waals surface area (Å²) in [6.45, 7) is 0.392. The fourth-order valence-electron chi connectivity index (χ4n) is 1.96. The third kappa shape index (κ3) is 5.71. The summed E-state index contributed by atoms with van der Waals surface area (Å²) in [4.78, 5) is 23.8. The predicted octanol–water partition coefficient (Wildman–Crippen LogP) is 4.80. The molecule has 0 unspecified atom stereocenters. The van der Waals surface area contributed by atoms with E-state index in [4.69, 9.17) is 34.8 Å². The molecule has 2 amide bonds. The van der Waals surface area contributed by atoms with E-state index < -0.39 is 0 Å². The molecule has 0 atom stereocenters. The maximum atomic E-state index is 11.9. The maximum Gasteiger partial charge on any atom is 0.251 e. The number of carbonyl (C=O) groups excluding carboxylic acids is 2. The Balaban J connectivity index is 1.72. The lowest BCUT2D eigenvalue weighted by atomic mass is 10.2. The maximum absolute atomic E-state index is 11.9. The number of benzene rings is 2. The Labute approximate surface area is 155 Å². The molecule has 0 saturated carbocycles. The summed E-state index contributed by atoms with van der Waals surface area (Å²) >= 11 is 17.6. The van der Waals surface area contributed by atoms with Gasteiger partial charge in [-0.05, 0) is 48.9 Å². The molecule has 0 aliphatic rings. The molecule has 24 heavy (non-hydrogen) atoms. The normalized spacial score (nSPS) is 10.3. The topological polar surface area (TPSA) is 58.2 Å². The van der Waals surface area contributed by atoms with E-state index in [-0.39, 0.29) is 18.2 Å². The molecule has 2 rings (SSSR count). The summed E-state index contributed by atoms with van der Waals surface area (Å²) in [6.07, 6.45) is 0.774. The number of carbonyl (C=O) groups is 2.